The number of rotatable bonds is 5. The van der Waals surface area contributed by atoms with E-state index >= 15 is 0 Å². The molecule has 0 fully saturated rings. The smallest absolute Gasteiger partial charge is 0.124 e. The molecule has 0 saturated carbocycles. The topological polar surface area (TPSA) is 37.0 Å². The molecule has 0 amide bonds. The summed E-state index contributed by atoms with van der Waals surface area (Å²) in [4.78, 5) is 3.20. The molecule has 0 radical (unpaired) electrons. The van der Waals surface area contributed by atoms with E-state index in [1.165, 1.54) is 10.9 Å². The second kappa shape index (κ2) is 5.70. The minimum Gasteiger partial charge on any atom is -0.494 e. The molecule has 3 heteroatoms. The first-order valence-electron chi connectivity index (χ1n) is 6.88. The molecule has 1 aromatic heterocycles. The van der Waals surface area contributed by atoms with Gasteiger partial charge in [-0.3, -0.25) is 0 Å². The first-order chi connectivity index (χ1) is 9.86. The Morgan fingerprint density at radius 2 is 2.00 bits per heavy atom. The van der Waals surface area contributed by atoms with Gasteiger partial charge < -0.3 is 15.0 Å². The first-order valence-corrected chi connectivity index (χ1v) is 6.88. The molecule has 0 aliphatic carbocycles. The van der Waals surface area contributed by atoms with Gasteiger partial charge in [0.05, 0.1) is 6.61 Å². The van der Waals surface area contributed by atoms with Gasteiger partial charge in [-0.1, -0.05) is 18.2 Å². The molecule has 0 aliphatic heterocycles. The molecule has 0 bridgehead atoms. The number of H-pyrrole nitrogens is 1. The summed E-state index contributed by atoms with van der Waals surface area (Å²) in [6.07, 6.45) is 1.96. The molecule has 102 valence electrons. The van der Waals surface area contributed by atoms with Crippen molar-refractivity contribution in [3.63, 3.8) is 0 Å². The number of aromatic nitrogens is 1. The first kappa shape index (κ1) is 12.6. The van der Waals surface area contributed by atoms with Crippen molar-refractivity contribution < 1.29 is 4.74 Å². The van der Waals surface area contributed by atoms with E-state index in [0.29, 0.717) is 6.61 Å². The van der Waals surface area contributed by atoms with Crippen LogP contribution >= 0.6 is 0 Å². The zero-order valence-corrected chi connectivity index (χ0v) is 11.5. The Kier molecular flexibility index (Phi) is 3.59. The van der Waals surface area contributed by atoms with Crippen LogP contribution in [0.1, 0.15) is 12.5 Å². The molecule has 0 unspecified atom stereocenters. The van der Waals surface area contributed by atoms with Crippen molar-refractivity contribution in [3.05, 3.63) is 60.3 Å². The van der Waals surface area contributed by atoms with Gasteiger partial charge in [0.15, 0.2) is 0 Å². The van der Waals surface area contributed by atoms with E-state index in [1.807, 2.05) is 31.3 Å². The largest absolute Gasteiger partial charge is 0.494 e. The maximum atomic E-state index is 5.64. The van der Waals surface area contributed by atoms with Crippen LogP contribution in [0.15, 0.2) is 54.7 Å². The Morgan fingerprint density at radius 3 is 2.90 bits per heavy atom. The zero-order chi connectivity index (χ0) is 13.8. The fourth-order valence-electron chi connectivity index (χ4n) is 2.31. The van der Waals surface area contributed by atoms with Crippen LogP contribution in [0, 0.1) is 0 Å². The van der Waals surface area contributed by atoms with Gasteiger partial charge in [-0.25, -0.2) is 0 Å². The second-order valence-corrected chi connectivity index (χ2v) is 4.67. The molecular formula is C17H18N2O. The lowest BCUT2D eigenvalue weighted by Gasteiger charge is -2.11. The molecule has 2 N–H and O–H groups in total. The number of ether oxygens (including phenoxy) is 1. The minimum atomic E-state index is 0.687. The van der Waals surface area contributed by atoms with Crippen molar-refractivity contribution in [3.8, 4) is 5.75 Å². The van der Waals surface area contributed by atoms with Crippen LogP contribution in [-0.2, 0) is 6.54 Å². The lowest BCUT2D eigenvalue weighted by molar-refractivity contribution is 0.337. The predicted octanol–water partition coefficient (Wildman–Crippen LogP) is 4.18. The summed E-state index contributed by atoms with van der Waals surface area (Å²) in [5.74, 6) is 0.949. The normalized spacial score (nSPS) is 10.7. The molecular weight excluding hydrogens is 248 g/mol. The van der Waals surface area contributed by atoms with Crippen molar-refractivity contribution in [2.45, 2.75) is 13.5 Å². The maximum Gasteiger partial charge on any atom is 0.124 e. The van der Waals surface area contributed by atoms with Gasteiger partial charge in [-0.2, -0.15) is 0 Å². The summed E-state index contributed by atoms with van der Waals surface area (Å²) in [5, 5.41) is 4.66. The van der Waals surface area contributed by atoms with Gasteiger partial charge in [0.2, 0.25) is 0 Å². The molecule has 0 aliphatic rings. The van der Waals surface area contributed by atoms with Gasteiger partial charge in [-0.05, 0) is 37.3 Å². The Balaban J connectivity index is 1.75. The summed E-state index contributed by atoms with van der Waals surface area (Å²) in [7, 11) is 0. The molecule has 0 atom stereocenters. The molecule has 20 heavy (non-hydrogen) atoms. The molecule has 2 aromatic carbocycles. The highest BCUT2D eigenvalue weighted by atomic mass is 16.5. The summed E-state index contributed by atoms with van der Waals surface area (Å²) < 4.78 is 5.64. The fourth-order valence-corrected chi connectivity index (χ4v) is 2.31. The SMILES string of the molecule is CCOc1ccccc1CNc1ccc2[nH]ccc2c1. The van der Waals surface area contributed by atoms with Gasteiger partial charge in [-0.15, -0.1) is 0 Å². The highest BCUT2D eigenvalue weighted by Crippen LogP contribution is 2.21. The molecule has 1 heterocycles. The Hall–Kier alpha value is -2.42. The third-order valence-electron chi connectivity index (χ3n) is 3.31. The van der Waals surface area contributed by atoms with Crippen LogP contribution in [0.5, 0.6) is 5.75 Å². The van der Waals surface area contributed by atoms with Crippen molar-refractivity contribution in [1.29, 1.82) is 0 Å². The van der Waals surface area contributed by atoms with Crippen LogP contribution in [0.2, 0.25) is 0 Å². The standard InChI is InChI=1S/C17H18N2O/c1-2-20-17-6-4-3-5-14(17)12-19-15-7-8-16-13(11-15)9-10-18-16/h3-11,18-19H,2,12H2,1H3. The molecule has 3 aromatic rings. The number of nitrogens with one attached hydrogen (secondary N) is 2. The van der Waals surface area contributed by atoms with E-state index in [-0.39, 0.29) is 0 Å². The maximum absolute atomic E-state index is 5.64. The summed E-state index contributed by atoms with van der Waals surface area (Å²) in [6.45, 7) is 3.45. The number of hydrogen-bond acceptors (Lipinski definition) is 2. The number of aromatic amines is 1. The lowest BCUT2D eigenvalue weighted by Crippen LogP contribution is -2.03. The number of para-hydroxylation sites is 1. The van der Waals surface area contributed by atoms with E-state index in [0.717, 1.165) is 23.5 Å². The lowest BCUT2D eigenvalue weighted by atomic mass is 10.2. The van der Waals surface area contributed by atoms with Crippen molar-refractivity contribution in [2.24, 2.45) is 0 Å². The number of benzene rings is 2. The Bertz CT molecular complexity index is 703. The van der Waals surface area contributed by atoms with Gasteiger partial charge in [0.25, 0.3) is 0 Å². The Morgan fingerprint density at radius 1 is 1.10 bits per heavy atom. The molecule has 3 rings (SSSR count). The minimum absolute atomic E-state index is 0.687. The van der Waals surface area contributed by atoms with E-state index in [9.17, 15) is 0 Å². The van der Waals surface area contributed by atoms with Crippen LogP contribution < -0.4 is 10.1 Å². The molecule has 0 saturated heterocycles. The van der Waals surface area contributed by atoms with Crippen LogP contribution in [0.25, 0.3) is 10.9 Å². The third-order valence-corrected chi connectivity index (χ3v) is 3.31. The monoisotopic (exact) mass is 266 g/mol. The number of anilines is 1. The second-order valence-electron chi connectivity index (χ2n) is 4.67. The third kappa shape index (κ3) is 2.62. The van der Waals surface area contributed by atoms with Gasteiger partial charge in [0, 0.05) is 34.9 Å². The van der Waals surface area contributed by atoms with Crippen molar-refractivity contribution in [1.82, 2.24) is 4.98 Å². The van der Waals surface area contributed by atoms with E-state index in [4.69, 9.17) is 4.74 Å². The predicted molar refractivity (Wildman–Crippen MR) is 83.2 cm³/mol. The van der Waals surface area contributed by atoms with Crippen LogP contribution in [0.3, 0.4) is 0 Å². The highest BCUT2D eigenvalue weighted by Gasteiger charge is 2.02. The average Bonchev–Trinajstić information content (AvgIpc) is 2.94. The molecule has 0 spiro atoms. The van der Waals surface area contributed by atoms with Gasteiger partial charge >= 0.3 is 0 Å². The highest BCUT2D eigenvalue weighted by molar-refractivity contribution is 5.82. The summed E-state index contributed by atoms with van der Waals surface area (Å²) >= 11 is 0. The quantitative estimate of drug-likeness (QED) is 0.727. The average molecular weight is 266 g/mol. The van der Waals surface area contributed by atoms with E-state index in [1.54, 1.807) is 0 Å². The summed E-state index contributed by atoms with van der Waals surface area (Å²) in [6, 6.07) is 16.5. The number of hydrogen-bond donors (Lipinski definition) is 2. The summed E-state index contributed by atoms with van der Waals surface area (Å²) in [5.41, 5.74) is 3.44. The van der Waals surface area contributed by atoms with Crippen molar-refractivity contribution >= 4 is 16.6 Å². The van der Waals surface area contributed by atoms with Crippen molar-refractivity contribution in [2.75, 3.05) is 11.9 Å². The fraction of sp³-hybridized carbons (Fsp3) is 0.176. The van der Waals surface area contributed by atoms with Crippen LogP contribution in [-0.4, -0.2) is 11.6 Å². The zero-order valence-electron chi connectivity index (χ0n) is 11.5. The molecule has 3 nitrogen and oxygen atoms in total. The Labute approximate surface area is 118 Å². The van der Waals surface area contributed by atoms with Gasteiger partial charge in [0.1, 0.15) is 5.75 Å². The number of fused-ring (bicyclic) bond motifs is 1. The van der Waals surface area contributed by atoms with Crippen LogP contribution in [0.4, 0.5) is 5.69 Å². The van der Waals surface area contributed by atoms with E-state index < -0.39 is 0 Å². The van der Waals surface area contributed by atoms with E-state index in [2.05, 4.69) is 40.6 Å².